The van der Waals surface area contributed by atoms with Gasteiger partial charge in [0.1, 0.15) is 10.7 Å². The number of likely N-dealkylation sites (tertiary alicyclic amines) is 1. The van der Waals surface area contributed by atoms with E-state index in [1.165, 1.54) is 12.3 Å². The van der Waals surface area contributed by atoms with Crippen LogP contribution in [0.15, 0.2) is 67.3 Å². The summed E-state index contributed by atoms with van der Waals surface area (Å²) in [6, 6.07) is 10.2. The first-order valence-corrected chi connectivity index (χ1v) is 15.5. The summed E-state index contributed by atoms with van der Waals surface area (Å²) in [6.45, 7) is 4.52. The van der Waals surface area contributed by atoms with Gasteiger partial charge in [0.15, 0.2) is 5.82 Å². The number of H-pyrrole nitrogens is 1. The van der Waals surface area contributed by atoms with Gasteiger partial charge in [0.2, 0.25) is 17.8 Å². The lowest BCUT2D eigenvalue weighted by molar-refractivity contribution is -0.132. The minimum Gasteiger partial charge on any atom is -0.338 e. The third-order valence-electron chi connectivity index (χ3n) is 8.41. The van der Waals surface area contributed by atoms with E-state index in [4.69, 9.17) is 0 Å². The molecule has 45 heavy (non-hydrogen) atoms. The number of hydrogen-bond acceptors (Lipinski definition) is 9. The van der Waals surface area contributed by atoms with Crippen LogP contribution in [0.4, 0.5) is 10.1 Å². The summed E-state index contributed by atoms with van der Waals surface area (Å²) in [5.74, 6) is 0.0589. The van der Waals surface area contributed by atoms with E-state index >= 15 is 0 Å². The van der Waals surface area contributed by atoms with Crippen molar-refractivity contribution >= 4 is 45.3 Å². The number of halogens is 1. The Morgan fingerprint density at radius 3 is 2.73 bits per heavy atom. The lowest BCUT2D eigenvalue weighted by atomic mass is 9.88. The molecule has 0 aliphatic carbocycles. The molecule has 0 spiro atoms. The molecule has 1 saturated heterocycles. The molecule has 0 saturated carbocycles. The Labute approximate surface area is 262 Å². The number of carbonyl (C=O) groups excluding carboxylic acids is 2. The third kappa shape index (κ3) is 5.96. The Bertz CT molecular complexity index is 1910. The zero-order valence-electron chi connectivity index (χ0n) is 24.5. The number of pyridine rings is 1. The van der Waals surface area contributed by atoms with Gasteiger partial charge >= 0.3 is 0 Å². The Hall–Kier alpha value is -4.88. The highest BCUT2D eigenvalue weighted by atomic mass is 32.1. The molecule has 4 aromatic heterocycles. The van der Waals surface area contributed by atoms with E-state index in [0.717, 1.165) is 32.8 Å². The summed E-state index contributed by atoms with van der Waals surface area (Å²) in [5, 5.41) is 12.1. The first-order valence-electron chi connectivity index (χ1n) is 14.7. The highest BCUT2D eigenvalue weighted by Gasteiger charge is 2.41. The van der Waals surface area contributed by atoms with Gasteiger partial charge in [-0.3, -0.25) is 19.6 Å². The first-order chi connectivity index (χ1) is 21.8. The van der Waals surface area contributed by atoms with Gasteiger partial charge in [-0.2, -0.15) is 9.49 Å². The number of nitrogens with one attached hydrogen (secondary N) is 2. The number of amides is 2. The first kappa shape index (κ1) is 28.9. The SMILES string of the molecule is C[C@@]1(C(=O)Nc2ccc3[nH]nc(-c4ccc(F)nc4)c3c2)CCN(CC(=O)N2CC=C(c3ncc(-c4ncccn4)s3)CC2)C1. The number of carbonyl (C=O) groups is 2. The highest BCUT2D eigenvalue weighted by Crippen LogP contribution is 2.34. The summed E-state index contributed by atoms with van der Waals surface area (Å²) in [4.78, 5) is 48.4. The largest absolute Gasteiger partial charge is 0.338 e. The molecular formula is C32H30FN9O2S. The van der Waals surface area contributed by atoms with Crippen LogP contribution in [0.1, 0.15) is 24.8 Å². The predicted octanol–water partition coefficient (Wildman–Crippen LogP) is 4.64. The smallest absolute Gasteiger partial charge is 0.237 e. The molecule has 2 aliphatic rings. The van der Waals surface area contributed by atoms with Gasteiger partial charge in [-0.25, -0.2) is 19.9 Å². The maximum absolute atomic E-state index is 13.5. The van der Waals surface area contributed by atoms with E-state index in [1.54, 1.807) is 42.1 Å². The van der Waals surface area contributed by atoms with Crippen molar-refractivity contribution in [3.05, 3.63) is 78.2 Å². The fourth-order valence-corrected chi connectivity index (χ4v) is 6.75. The third-order valence-corrected chi connectivity index (χ3v) is 9.48. The van der Waals surface area contributed by atoms with Gasteiger partial charge in [-0.15, -0.1) is 11.3 Å². The average molecular weight is 624 g/mol. The van der Waals surface area contributed by atoms with Crippen LogP contribution in [0.2, 0.25) is 0 Å². The molecule has 2 aliphatic heterocycles. The monoisotopic (exact) mass is 623 g/mol. The van der Waals surface area contributed by atoms with Crippen LogP contribution < -0.4 is 5.32 Å². The Morgan fingerprint density at radius 1 is 1.09 bits per heavy atom. The quantitative estimate of drug-likeness (QED) is 0.251. The van der Waals surface area contributed by atoms with Crippen molar-refractivity contribution in [2.45, 2.75) is 19.8 Å². The molecule has 5 aromatic rings. The van der Waals surface area contributed by atoms with Crippen molar-refractivity contribution in [2.24, 2.45) is 5.41 Å². The van der Waals surface area contributed by atoms with Crippen LogP contribution in [0.3, 0.4) is 0 Å². The van der Waals surface area contributed by atoms with Gasteiger partial charge in [0, 0.05) is 61.1 Å². The van der Waals surface area contributed by atoms with Crippen LogP contribution >= 0.6 is 11.3 Å². The summed E-state index contributed by atoms with van der Waals surface area (Å²) >= 11 is 1.56. The molecule has 0 radical (unpaired) electrons. The number of thiazole rings is 1. The van der Waals surface area contributed by atoms with Crippen molar-refractivity contribution in [2.75, 3.05) is 38.0 Å². The number of aromatic amines is 1. The number of fused-ring (bicyclic) bond motifs is 1. The molecule has 13 heteroatoms. The number of rotatable bonds is 7. The second-order valence-corrected chi connectivity index (χ2v) is 12.6. The molecule has 1 aromatic carbocycles. The zero-order valence-corrected chi connectivity index (χ0v) is 25.4. The summed E-state index contributed by atoms with van der Waals surface area (Å²) in [5.41, 5.74) is 3.22. The van der Waals surface area contributed by atoms with E-state index in [1.807, 2.05) is 30.0 Å². The fraction of sp³-hybridized carbons (Fsp3) is 0.281. The van der Waals surface area contributed by atoms with Crippen LogP contribution in [0, 0.1) is 11.4 Å². The topological polar surface area (TPSA) is 133 Å². The molecule has 0 unspecified atom stereocenters. The standard InChI is InChI=1S/C32H30FN9O2S/c1-32(31(44)38-22-4-5-24-23(15-22)28(40-39-24)21-3-6-26(33)36-16-21)9-14-41(19-32)18-27(43)42-12-7-20(8-13-42)30-37-17-25(45-30)29-34-10-2-11-35-29/h2-7,10-11,15-17H,8-9,12-14,18-19H2,1H3,(H,38,44)(H,39,40)/t32-/m1/s1. The highest BCUT2D eigenvalue weighted by molar-refractivity contribution is 7.16. The van der Waals surface area contributed by atoms with Gasteiger partial charge in [-0.05, 0) is 68.3 Å². The summed E-state index contributed by atoms with van der Waals surface area (Å²) in [6.07, 6.45) is 10.1. The molecule has 11 nitrogen and oxygen atoms in total. The minimum absolute atomic E-state index is 0.0562. The Balaban J connectivity index is 0.950. The van der Waals surface area contributed by atoms with Crippen molar-refractivity contribution in [3.63, 3.8) is 0 Å². The van der Waals surface area contributed by atoms with E-state index in [0.29, 0.717) is 55.4 Å². The molecule has 7 rings (SSSR count). The molecule has 0 bridgehead atoms. The Kier molecular flexibility index (Phi) is 7.63. The van der Waals surface area contributed by atoms with Crippen molar-refractivity contribution in [1.82, 2.24) is 39.9 Å². The molecule has 1 atom stereocenters. The second-order valence-electron chi connectivity index (χ2n) is 11.6. The van der Waals surface area contributed by atoms with Gasteiger partial charge in [-0.1, -0.05) is 6.08 Å². The fourth-order valence-electron chi connectivity index (χ4n) is 5.82. The minimum atomic E-state index is -0.644. The maximum Gasteiger partial charge on any atom is 0.237 e. The normalized spacial score (nSPS) is 18.7. The molecule has 2 amide bonds. The van der Waals surface area contributed by atoms with Gasteiger partial charge < -0.3 is 10.2 Å². The number of benzene rings is 1. The van der Waals surface area contributed by atoms with Gasteiger partial charge in [0.25, 0.3) is 0 Å². The molecule has 1 fully saturated rings. The predicted molar refractivity (Wildman–Crippen MR) is 169 cm³/mol. The Morgan fingerprint density at radius 2 is 1.96 bits per heavy atom. The number of anilines is 1. The summed E-state index contributed by atoms with van der Waals surface area (Å²) < 4.78 is 13.3. The van der Waals surface area contributed by atoms with Crippen molar-refractivity contribution in [3.8, 4) is 22.0 Å². The average Bonchev–Trinajstić information content (AvgIpc) is 3.81. The number of aromatic nitrogens is 6. The molecular weight excluding hydrogens is 593 g/mol. The van der Waals surface area contributed by atoms with Crippen LogP contribution in [0.25, 0.3) is 38.4 Å². The lowest BCUT2D eigenvalue weighted by Gasteiger charge is -2.28. The van der Waals surface area contributed by atoms with E-state index in [9.17, 15) is 14.0 Å². The molecule has 6 heterocycles. The zero-order chi connectivity index (χ0) is 31.0. The maximum atomic E-state index is 13.5. The number of hydrogen-bond donors (Lipinski definition) is 2. The summed E-state index contributed by atoms with van der Waals surface area (Å²) in [7, 11) is 0. The van der Waals surface area contributed by atoms with E-state index < -0.39 is 11.4 Å². The molecule has 2 N–H and O–H groups in total. The lowest BCUT2D eigenvalue weighted by Crippen LogP contribution is -2.43. The molecule has 228 valence electrons. The van der Waals surface area contributed by atoms with Crippen LogP contribution in [-0.4, -0.2) is 84.5 Å². The van der Waals surface area contributed by atoms with Crippen molar-refractivity contribution < 1.29 is 14.0 Å². The van der Waals surface area contributed by atoms with E-state index in [-0.39, 0.29) is 18.4 Å². The van der Waals surface area contributed by atoms with Gasteiger partial charge in [0.05, 0.1) is 22.4 Å². The van der Waals surface area contributed by atoms with E-state index in [2.05, 4.69) is 46.4 Å². The van der Waals surface area contributed by atoms with Crippen LogP contribution in [0.5, 0.6) is 0 Å². The second kappa shape index (κ2) is 11.9. The van der Waals surface area contributed by atoms with Crippen molar-refractivity contribution in [1.29, 1.82) is 0 Å². The van der Waals surface area contributed by atoms with Crippen LogP contribution in [-0.2, 0) is 9.59 Å². The number of nitrogens with zero attached hydrogens (tertiary/aromatic N) is 7.